The Kier molecular flexibility index (Phi) is 6.13. The number of carbonyl (C=O) groups is 1. The third-order valence-electron chi connectivity index (χ3n) is 3.83. The molecule has 2 rings (SSSR count). The normalized spacial score (nSPS) is 11.0. The summed E-state index contributed by atoms with van der Waals surface area (Å²) in [6.07, 6.45) is 1.65. The number of amides is 1. The number of hydrogen-bond acceptors (Lipinski definition) is 3. The lowest BCUT2D eigenvalue weighted by molar-refractivity contribution is -0.119. The number of nitrogens with zero attached hydrogens (tertiary/aromatic N) is 1. The molecular formula is C20H25N3O. The van der Waals surface area contributed by atoms with Gasteiger partial charge in [0.2, 0.25) is 0 Å². The molecule has 0 saturated carbocycles. The molecule has 2 aromatic rings. The highest BCUT2D eigenvalue weighted by Gasteiger charge is 2.02. The summed E-state index contributed by atoms with van der Waals surface area (Å²) in [6.45, 7) is 8.57. The zero-order valence-electron chi connectivity index (χ0n) is 14.8. The average molecular weight is 323 g/mol. The van der Waals surface area contributed by atoms with Crippen LogP contribution < -0.4 is 10.7 Å². The molecule has 0 aromatic heterocycles. The predicted molar refractivity (Wildman–Crippen MR) is 101 cm³/mol. The van der Waals surface area contributed by atoms with Crippen molar-refractivity contribution in [2.45, 2.75) is 33.6 Å². The lowest BCUT2D eigenvalue weighted by Crippen LogP contribution is -2.26. The first-order chi connectivity index (χ1) is 11.5. The second-order valence-corrected chi connectivity index (χ2v) is 6.29. The van der Waals surface area contributed by atoms with Crippen LogP contribution in [0.1, 0.15) is 42.0 Å². The molecular weight excluding hydrogens is 298 g/mol. The molecule has 0 atom stereocenters. The number of carbonyl (C=O) groups excluding carboxylic acids is 1. The minimum absolute atomic E-state index is 0.176. The molecule has 2 aromatic carbocycles. The number of aryl methyl sites for hydroxylation is 2. The highest BCUT2D eigenvalue weighted by atomic mass is 16.2. The minimum atomic E-state index is -0.176. The van der Waals surface area contributed by atoms with Crippen molar-refractivity contribution in [1.29, 1.82) is 0 Å². The smallest absolute Gasteiger partial charge is 0.259 e. The number of nitrogens with one attached hydrogen (secondary N) is 2. The second kappa shape index (κ2) is 8.29. The van der Waals surface area contributed by atoms with Gasteiger partial charge in [0, 0.05) is 5.69 Å². The summed E-state index contributed by atoms with van der Waals surface area (Å²) in [5.41, 5.74) is 8.07. The first-order valence-electron chi connectivity index (χ1n) is 8.18. The molecule has 24 heavy (non-hydrogen) atoms. The van der Waals surface area contributed by atoms with E-state index in [2.05, 4.69) is 47.9 Å². The van der Waals surface area contributed by atoms with Gasteiger partial charge in [0.15, 0.2) is 0 Å². The molecule has 4 heteroatoms. The highest BCUT2D eigenvalue weighted by Crippen LogP contribution is 2.15. The Morgan fingerprint density at radius 3 is 2.46 bits per heavy atom. The first-order valence-corrected chi connectivity index (χ1v) is 8.18. The van der Waals surface area contributed by atoms with E-state index in [1.165, 1.54) is 11.1 Å². The fourth-order valence-corrected chi connectivity index (χ4v) is 2.37. The standard InChI is InChI=1S/C20H25N3O/c1-14(2)18-8-6-17(7-9-18)12-22-23-20(24)13-21-19-10-5-15(3)11-16(19)4/h5-12,14,21H,13H2,1-4H3,(H,23,24)/b22-12+. The van der Waals surface area contributed by atoms with Crippen LogP contribution in [0.5, 0.6) is 0 Å². The number of benzene rings is 2. The van der Waals surface area contributed by atoms with Crippen LogP contribution in [-0.4, -0.2) is 18.7 Å². The SMILES string of the molecule is Cc1ccc(NCC(=O)N/N=C/c2ccc(C(C)C)cc2)c(C)c1. The third-order valence-corrected chi connectivity index (χ3v) is 3.83. The van der Waals surface area contributed by atoms with Gasteiger partial charge in [-0.2, -0.15) is 5.10 Å². The van der Waals surface area contributed by atoms with Crippen LogP contribution in [0.25, 0.3) is 0 Å². The van der Waals surface area contributed by atoms with Crippen molar-refractivity contribution in [3.8, 4) is 0 Å². The van der Waals surface area contributed by atoms with E-state index in [9.17, 15) is 4.79 Å². The molecule has 0 bridgehead atoms. The maximum absolute atomic E-state index is 11.8. The van der Waals surface area contributed by atoms with Gasteiger partial charge >= 0.3 is 0 Å². The Hall–Kier alpha value is -2.62. The van der Waals surface area contributed by atoms with Gasteiger partial charge in [0.05, 0.1) is 12.8 Å². The maximum atomic E-state index is 11.8. The zero-order valence-corrected chi connectivity index (χ0v) is 14.8. The largest absolute Gasteiger partial charge is 0.376 e. The number of hydrogen-bond donors (Lipinski definition) is 2. The van der Waals surface area contributed by atoms with Crippen molar-refractivity contribution in [2.75, 3.05) is 11.9 Å². The molecule has 0 unspecified atom stereocenters. The summed E-state index contributed by atoms with van der Waals surface area (Å²) in [5.74, 6) is 0.331. The van der Waals surface area contributed by atoms with Crippen LogP contribution in [0.2, 0.25) is 0 Å². The van der Waals surface area contributed by atoms with Crippen LogP contribution in [0.3, 0.4) is 0 Å². The van der Waals surface area contributed by atoms with Gasteiger partial charge in [-0.3, -0.25) is 4.79 Å². The van der Waals surface area contributed by atoms with E-state index in [0.29, 0.717) is 5.92 Å². The Morgan fingerprint density at radius 2 is 1.83 bits per heavy atom. The Labute approximate surface area is 144 Å². The van der Waals surface area contributed by atoms with Gasteiger partial charge in [-0.05, 0) is 42.5 Å². The summed E-state index contributed by atoms with van der Waals surface area (Å²) in [4.78, 5) is 11.8. The molecule has 0 radical (unpaired) electrons. The molecule has 0 fully saturated rings. The van der Waals surface area contributed by atoms with E-state index in [1.54, 1.807) is 6.21 Å². The number of anilines is 1. The highest BCUT2D eigenvalue weighted by molar-refractivity contribution is 5.84. The monoisotopic (exact) mass is 323 g/mol. The Balaban J connectivity index is 1.82. The molecule has 1 amide bonds. The molecule has 126 valence electrons. The maximum Gasteiger partial charge on any atom is 0.259 e. The van der Waals surface area contributed by atoms with Gasteiger partial charge < -0.3 is 5.32 Å². The number of rotatable bonds is 6. The summed E-state index contributed by atoms with van der Waals surface area (Å²) in [5, 5.41) is 7.12. The van der Waals surface area contributed by atoms with Gasteiger partial charge in [0.1, 0.15) is 0 Å². The first kappa shape index (κ1) is 17.7. The fraction of sp³-hybridized carbons (Fsp3) is 0.300. The van der Waals surface area contributed by atoms with Gasteiger partial charge in [-0.25, -0.2) is 5.43 Å². The second-order valence-electron chi connectivity index (χ2n) is 6.29. The van der Waals surface area contributed by atoms with Crippen LogP contribution in [0.15, 0.2) is 47.6 Å². The lowest BCUT2D eigenvalue weighted by Gasteiger charge is -2.09. The van der Waals surface area contributed by atoms with Crippen molar-refractivity contribution in [2.24, 2.45) is 5.10 Å². The molecule has 4 nitrogen and oxygen atoms in total. The van der Waals surface area contributed by atoms with E-state index < -0.39 is 0 Å². The minimum Gasteiger partial charge on any atom is -0.376 e. The van der Waals surface area contributed by atoms with E-state index in [4.69, 9.17) is 0 Å². The average Bonchev–Trinajstić information content (AvgIpc) is 2.54. The molecule has 0 spiro atoms. The van der Waals surface area contributed by atoms with Crippen LogP contribution >= 0.6 is 0 Å². The van der Waals surface area contributed by atoms with E-state index in [-0.39, 0.29) is 12.5 Å². The van der Waals surface area contributed by atoms with Crippen molar-refractivity contribution >= 4 is 17.8 Å². The van der Waals surface area contributed by atoms with Crippen molar-refractivity contribution in [3.05, 3.63) is 64.7 Å². The predicted octanol–water partition coefficient (Wildman–Crippen LogP) is 3.99. The van der Waals surface area contributed by atoms with E-state index in [0.717, 1.165) is 16.8 Å². The molecule has 0 aliphatic heterocycles. The molecule has 0 aliphatic carbocycles. The quantitative estimate of drug-likeness (QED) is 0.624. The summed E-state index contributed by atoms with van der Waals surface area (Å²) >= 11 is 0. The van der Waals surface area contributed by atoms with Crippen molar-refractivity contribution in [1.82, 2.24) is 5.43 Å². The molecule has 0 saturated heterocycles. The van der Waals surface area contributed by atoms with Gasteiger partial charge in [-0.1, -0.05) is 55.8 Å². The van der Waals surface area contributed by atoms with Gasteiger partial charge in [0.25, 0.3) is 5.91 Å². The van der Waals surface area contributed by atoms with E-state index >= 15 is 0 Å². The molecule has 0 aliphatic rings. The zero-order chi connectivity index (χ0) is 17.5. The topological polar surface area (TPSA) is 53.5 Å². The lowest BCUT2D eigenvalue weighted by atomic mass is 10.0. The Bertz CT molecular complexity index is 718. The summed E-state index contributed by atoms with van der Waals surface area (Å²) in [7, 11) is 0. The van der Waals surface area contributed by atoms with E-state index in [1.807, 2.05) is 38.1 Å². The van der Waals surface area contributed by atoms with Crippen LogP contribution in [0.4, 0.5) is 5.69 Å². The Morgan fingerprint density at radius 1 is 1.12 bits per heavy atom. The third kappa shape index (κ3) is 5.23. The van der Waals surface area contributed by atoms with Crippen molar-refractivity contribution in [3.63, 3.8) is 0 Å². The van der Waals surface area contributed by atoms with Crippen LogP contribution in [0, 0.1) is 13.8 Å². The summed E-state index contributed by atoms with van der Waals surface area (Å²) < 4.78 is 0. The van der Waals surface area contributed by atoms with Gasteiger partial charge in [-0.15, -0.1) is 0 Å². The van der Waals surface area contributed by atoms with Crippen molar-refractivity contribution < 1.29 is 4.79 Å². The van der Waals surface area contributed by atoms with Crippen LogP contribution in [-0.2, 0) is 4.79 Å². The molecule has 2 N–H and O–H groups in total. The molecule has 0 heterocycles. The fourth-order valence-electron chi connectivity index (χ4n) is 2.37. The summed E-state index contributed by atoms with van der Waals surface area (Å²) in [6, 6.07) is 14.2. The number of hydrazone groups is 1.